The zero-order chi connectivity index (χ0) is 28.0. The lowest BCUT2D eigenvalue weighted by Crippen LogP contribution is -2.45. The number of nitrogens with zero attached hydrogens (tertiary/aromatic N) is 3. The third kappa shape index (κ3) is 7.53. The van der Waals surface area contributed by atoms with Gasteiger partial charge in [-0.2, -0.15) is 13.2 Å². The van der Waals surface area contributed by atoms with Crippen molar-refractivity contribution in [3.8, 4) is 5.75 Å². The van der Waals surface area contributed by atoms with Crippen LogP contribution in [0.15, 0.2) is 72.9 Å². The summed E-state index contributed by atoms with van der Waals surface area (Å²) in [5, 5.41) is 3.13. The molecule has 2 aromatic carbocycles. The number of benzene rings is 2. The van der Waals surface area contributed by atoms with Gasteiger partial charge in [-0.15, -0.1) is 0 Å². The summed E-state index contributed by atoms with van der Waals surface area (Å²) in [7, 11) is 0. The van der Waals surface area contributed by atoms with Gasteiger partial charge < -0.3 is 19.9 Å². The molecule has 2 aliphatic heterocycles. The van der Waals surface area contributed by atoms with Gasteiger partial charge in [0.2, 0.25) is 0 Å². The van der Waals surface area contributed by atoms with E-state index in [2.05, 4.69) is 44.4 Å². The Hall–Kier alpha value is -3.59. The highest BCUT2D eigenvalue weighted by atomic mass is 19.4. The van der Waals surface area contributed by atoms with E-state index in [4.69, 9.17) is 4.74 Å². The highest BCUT2D eigenvalue weighted by Crippen LogP contribution is 2.31. The number of pyridine rings is 1. The summed E-state index contributed by atoms with van der Waals surface area (Å²) in [5.74, 6) is 0.440. The number of nitrogens with one attached hydrogen (secondary N) is 1. The van der Waals surface area contributed by atoms with E-state index in [1.807, 2.05) is 6.07 Å². The minimum Gasteiger partial charge on any atom is -0.489 e. The van der Waals surface area contributed by atoms with Gasteiger partial charge in [-0.3, -0.25) is 4.79 Å². The van der Waals surface area contributed by atoms with Crippen LogP contribution in [-0.2, 0) is 12.6 Å². The Kier molecular flexibility index (Phi) is 8.89. The maximum Gasteiger partial charge on any atom is 0.416 e. The molecule has 0 aliphatic carbocycles. The first-order valence-corrected chi connectivity index (χ1v) is 14.0. The molecule has 6 nitrogen and oxygen atoms in total. The lowest BCUT2D eigenvalue weighted by molar-refractivity contribution is -0.137. The molecular formula is C31H35F3N4O2. The van der Waals surface area contributed by atoms with Crippen LogP contribution in [0.3, 0.4) is 0 Å². The van der Waals surface area contributed by atoms with E-state index >= 15 is 0 Å². The molecule has 0 spiro atoms. The number of rotatable bonds is 8. The second kappa shape index (κ2) is 12.7. The Morgan fingerprint density at radius 1 is 0.900 bits per heavy atom. The van der Waals surface area contributed by atoms with E-state index in [0.29, 0.717) is 24.5 Å². The number of anilines is 1. The highest BCUT2D eigenvalue weighted by Gasteiger charge is 2.30. The predicted octanol–water partition coefficient (Wildman–Crippen LogP) is 5.59. The lowest BCUT2D eigenvalue weighted by atomic mass is 10.0. The van der Waals surface area contributed by atoms with Crippen LogP contribution in [0, 0.1) is 0 Å². The first-order valence-electron chi connectivity index (χ1n) is 14.0. The lowest BCUT2D eigenvalue weighted by Gasteiger charge is -2.33. The summed E-state index contributed by atoms with van der Waals surface area (Å²) in [4.78, 5) is 21.6. The van der Waals surface area contributed by atoms with Gasteiger partial charge in [0.05, 0.1) is 11.8 Å². The van der Waals surface area contributed by atoms with Gasteiger partial charge in [0, 0.05) is 57.3 Å². The first-order chi connectivity index (χ1) is 19.3. The van der Waals surface area contributed by atoms with Crippen molar-refractivity contribution in [1.82, 2.24) is 15.2 Å². The number of ether oxygens (including phenoxy) is 1. The topological polar surface area (TPSA) is 57.7 Å². The molecule has 40 heavy (non-hydrogen) atoms. The van der Waals surface area contributed by atoms with Crippen LogP contribution >= 0.6 is 0 Å². The van der Waals surface area contributed by atoms with Gasteiger partial charge in [0.1, 0.15) is 17.5 Å². The van der Waals surface area contributed by atoms with E-state index < -0.39 is 11.7 Å². The molecule has 1 amide bonds. The van der Waals surface area contributed by atoms with Crippen LogP contribution in [0.2, 0.25) is 0 Å². The highest BCUT2D eigenvalue weighted by molar-refractivity contribution is 5.92. The van der Waals surface area contributed by atoms with E-state index in [0.717, 1.165) is 69.6 Å². The maximum absolute atomic E-state index is 12.8. The Morgan fingerprint density at radius 2 is 1.60 bits per heavy atom. The van der Waals surface area contributed by atoms with E-state index in [1.54, 1.807) is 18.3 Å². The number of carbonyl (C=O) groups excluding carboxylic acids is 1. The smallest absolute Gasteiger partial charge is 0.416 e. The molecule has 2 aliphatic rings. The summed E-state index contributed by atoms with van der Waals surface area (Å²) in [5.41, 5.74) is 1.86. The number of hydrogen-bond acceptors (Lipinski definition) is 5. The number of aromatic nitrogens is 1. The zero-order valence-electron chi connectivity index (χ0n) is 22.4. The molecule has 1 aromatic heterocycles. The zero-order valence-corrected chi connectivity index (χ0v) is 22.4. The molecule has 3 heterocycles. The summed E-state index contributed by atoms with van der Waals surface area (Å²) in [6.45, 7) is 4.34. The standard InChI is InChI=1S/C31H35F3N4O2/c32-31(33,34)24-6-8-26(9-7-24)38-20-15-27(16-21-38)40-28-10-11-29(35-22-28)30(39)36-25-13-18-37(19-14-25)17-12-23-4-2-1-3-5-23/h1-11,22,25,27H,12-21H2,(H,36,39). The van der Waals surface area contributed by atoms with Crippen molar-refractivity contribution in [2.24, 2.45) is 0 Å². The fourth-order valence-corrected chi connectivity index (χ4v) is 5.36. The number of alkyl halides is 3. The number of hydrogen-bond donors (Lipinski definition) is 1. The molecular weight excluding hydrogens is 517 g/mol. The van der Waals surface area contributed by atoms with Crippen molar-refractivity contribution in [2.45, 2.75) is 50.4 Å². The Labute approximate surface area is 233 Å². The molecule has 0 bridgehead atoms. The minimum absolute atomic E-state index is 0.0146. The van der Waals surface area contributed by atoms with E-state index in [-0.39, 0.29) is 18.1 Å². The quantitative estimate of drug-likeness (QED) is 0.395. The second-order valence-electron chi connectivity index (χ2n) is 10.6. The van der Waals surface area contributed by atoms with Crippen molar-refractivity contribution >= 4 is 11.6 Å². The number of likely N-dealkylation sites (tertiary alicyclic amines) is 1. The van der Waals surface area contributed by atoms with Crippen LogP contribution in [0.25, 0.3) is 0 Å². The molecule has 3 aromatic rings. The van der Waals surface area contributed by atoms with Crippen molar-refractivity contribution in [3.63, 3.8) is 0 Å². The van der Waals surface area contributed by atoms with Gasteiger partial charge >= 0.3 is 6.18 Å². The fourth-order valence-electron chi connectivity index (χ4n) is 5.36. The van der Waals surface area contributed by atoms with Gasteiger partial charge in [-0.25, -0.2) is 4.98 Å². The van der Waals surface area contributed by atoms with Crippen LogP contribution in [-0.4, -0.2) is 60.7 Å². The average Bonchev–Trinajstić information content (AvgIpc) is 2.98. The van der Waals surface area contributed by atoms with Gasteiger partial charge in [-0.1, -0.05) is 30.3 Å². The number of carbonyl (C=O) groups is 1. The van der Waals surface area contributed by atoms with Crippen LogP contribution in [0.1, 0.15) is 47.3 Å². The predicted molar refractivity (Wildman–Crippen MR) is 149 cm³/mol. The number of amides is 1. The monoisotopic (exact) mass is 552 g/mol. The average molecular weight is 553 g/mol. The summed E-state index contributed by atoms with van der Waals surface area (Å²) in [6, 6.07) is 19.4. The SMILES string of the molecule is O=C(NC1CCN(CCc2ccccc2)CC1)c1ccc(OC2CCN(c3ccc(C(F)(F)F)cc3)CC2)cn1. The molecule has 0 unspecified atom stereocenters. The van der Waals surface area contributed by atoms with Crippen LogP contribution in [0.5, 0.6) is 5.75 Å². The largest absolute Gasteiger partial charge is 0.489 e. The molecule has 0 saturated carbocycles. The van der Waals surface area contributed by atoms with E-state index in [9.17, 15) is 18.0 Å². The Morgan fingerprint density at radius 3 is 2.23 bits per heavy atom. The van der Waals surface area contributed by atoms with Crippen molar-refractivity contribution in [1.29, 1.82) is 0 Å². The van der Waals surface area contributed by atoms with Crippen molar-refractivity contribution in [2.75, 3.05) is 37.6 Å². The van der Waals surface area contributed by atoms with Crippen LogP contribution in [0.4, 0.5) is 18.9 Å². The molecule has 212 valence electrons. The molecule has 5 rings (SSSR count). The fraction of sp³-hybridized carbons (Fsp3) is 0.419. The molecule has 0 radical (unpaired) electrons. The summed E-state index contributed by atoms with van der Waals surface area (Å²) in [6.07, 6.45) is 1.61. The number of piperidine rings is 2. The minimum atomic E-state index is -4.33. The molecule has 2 fully saturated rings. The number of halogens is 3. The summed E-state index contributed by atoms with van der Waals surface area (Å²) >= 11 is 0. The Bertz CT molecular complexity index is 1220. The van der Waals surface area contributed by atoms with Crippen molar-refractivity contribution < 1.29 is 22.7 Å². The van der Waals surface area contributed by atoms with E-state index in [1.165, 1.54) is 17.7 Å². The third-order valence-corrected chi connectivity index (χ3v) is 7.76. The van der Waals surface area contributed by atoms with Gasteiger partial charge in [0.25, 0.3) is 5.91 Å². The second-order valence-corrected chi connectivity index (χ2v) is 10.6. The molecule has 2 saturated heterocycles. The molecule has 9 heteroatoms. The Balaban J connectivity index is 1.02. The molecule has 0 atom stereocenters. The maximum atomic E-state index is 12.8. The van der Waals surface area contributed by atoms with Gasteiger partial charge in [0.15, 0.2) is 0 Å². The normalized spacial score (nSPS) is 17.5. The molecule has 1 N–H and O–H groups in total. The van der Waals surface area contributed by atoms with Crippen molar-refractivity contribution in [3.05, 3.63) is 89.7 Å². The third-order valence-electron chi connectivity index (χ3n) is 7.76. The first kappa shape index (κ1) is 28.0. The summed E-state index contributed by atoms with van der Waals surface area (Å²) < 4.78 is 44.5. The van der Waals surface area contributed by atoms with Crippen LogP contribution < -0.4 is 15.0 Å². The van der Waals surface area contributed by atoms with Gasteiger partial charge in [-0.05, 0) is 61.2 Å².